The van der Waals surface area contributed by atoms with Crippen molar-refractivity contribution in [2.45, 2.75) is 26.5 Å². The third-order valence-electron chi connectivity index (χ3n) is 5.18. The van der Waals surface area contributed by atoms with Crippen molar-refractivity contribution >= 4 is 11.7 Å². The minimum absolute atomic E-state index is 0.0564. The van der Waals surface area contributed by atoms with Crippen molar-refractivity contribution in [1.82, 2.24) is 9.80 Å². The first-order valence-corrected chi connectivity index (χ1v) is 10.1. The molecule has 0 radical (unpaired) electrons. The number of carbonyl (C=O) groups excluding carboxylic acids is 1. The van der Waals surface area contributed by atoms with E-state index in [1.807, 2.05) is 38.2 Å². The molecule has 1 aliphatic heterocycles. The monoisotopic (exact) mass is 381 g/mol. The molecule has 150 valence electrons. The van der Waals surface area contributed by atoms with Crippen LogP contribution in [0.5, 0.6) is 0 Å². The Bertz CT molecular complexity index is 733. The minimum Gasteiger partial charge on any atom is -0.377 e. The summed E-state index contributed by atoms with van der Waals surface area (Å²) in [5, 5.41) is 2.98. The number of urea groups is 1. The van der Waals surface area contributed by atoms with Crippen LogP contribution in [0.4, 0.5) is 10.5 Å². The molecule has 1 atom stereocenters. The van der Waals surface area contributed by atoms with Gasteiger partial charge in [-0.2, -0.15) is 0 Å². The maximum atomic E-state index is 12.5. The average molecular weight is 382 g/mol. The number of carbonyl (C=O) groups is 1. The van der Waals surface area contributed by atoms with E-state index in [0.29, 0.717) is 19.1 Å². The smallest absolute Gasteiger partial charge is 0.321 e. The number of hydrogen-bond donors (Lipinski definition) is 1. The molecule has 1 saturated heterocycles. The lowest BCUT2D eigenvalue weighted by Gasteiger charge is -2.22. The molecule has 3 rings (SSSR count). The molecule has 0 aliphatic carbocycles. The number of nitrogens with one attached hydrogen (secondary N) is 1. The Morgan fingerprint density at radius 3 is 2.61 bits per heavy atom. The molecule has 1 unspecified atom stereocenters. The maximum absolute atomic E-state index is 12.5. The third kappa shape index (κ3) is 6.08. The van der Waals surface area contributed by atoms with Crippen molar-refractivity contribution in [2.24, 2.45) is 5.92 Å². The van der Waals surface area contributed by atoms with E-state index in [0.717, 1.165) is 43.9 Å². The van der Waals surface area contributed by atoms with Crippen LogP contribution in [0.3, 0.4) is 0 Å². The lowest BCUT2D eigenvalue weighted by Crippen LogP contribution is -2.36. The van der Waals surface area contributed by atoms with E-state index in [-0.39, 0.29) is 6.03 Å². The Labute approximate surface area is 168 Å². The van der Waals surface area contributed by atoms with Crippen molar-refractivity contribution in [2.75, 3.05) is 38.6 Å². The summed E-state index contributed by atoms with van der Waals surface area (Å²) in [6.45, 7) is 7.19. The van der Waals surface area contributed by atoms with Crippen LogP contribution in [0.1, 0.15) is 24.5 Å². The SMILES string of the molecule is CCOCc1ccc(NC(=O)N(C)CC2CCN(Cc3ccccc3)C2)cc1. The number of likely N-dealkylation sites (tertiary alicyclic amines) is 1. The number of hydrogen-bond acceptors (Lipinski definition) is 3. The van der Waals surface area contributed by atoms with Gasteiger partial charge in [-0.15, -0.1) is 0 Å². The first-order chi connectivity index (χ1) is 13.6. The summed E-state index contributed by atoms with van der Waals surface area (Å²) in [6, 6.07) is 18.4. The van der Waals surface area contributed by atoms with Crippen molar-refractivity contribution in [3.8, 4) is 0 Å². The molecule has 2 aromatic carbocycles. The highest BCUT2D eigenvalue weighted by atomic mass is 16.5. The van der Waals surface area contributed by atoms with Crippen LogP contribution in [0.15, 0.2) is 54.6 Å². The fourth-order valence-corrected chi connectivity index (χ4v) is 3.64. The topological polar surface area (TPSA) is 44.8 Å². The highest BCUT2D eigenvalue weighted by Gasteiger charge is 2.25. The average Bonchev–Trinajstić information content (AvgIpc) is 3.15. The third-order valence-corrected chi connectivity index (χ3v) is 5.18. The molecular weight excluding hydrogens is 350 g/mol. The molecule has 0 aromatic heterocycles. The Kier molecular flexibility index (Phi) is 7.46. The second-order valence-electron chi connectivity index (χ2n) is 7.52. The number of amides is 2. The van der Waals surface area contributed by atoms with Crippen LogP contribution < -0.4 is 5.32 Å². The molecule has 0 bridgehead atoms. The van der Waals surface area contributed by atoms with E-state index in [2.05, 4.69) is 40.5 Å². The number of benzene rings is 2. The fraction of sp³-hybridized carbons (Fsp3) is 0.435. The second kappa shape index (κ2) is 10.2. The van der Waals surface area contributed by atoms with Crippen LogP contribution in [0.2, 0.25) is 0 Å². The van der Waals surface area contributed by atoms with Gasteiger partial charge in [0, 0.05) is 39.0 Å². The van der Waals surface area contributed by atoms with Crippen LogP contribution in [0, 0.1) is 5.92 Å². The van der Waals surface area contributed by atoms with E-state index in [4.69, 9.17) is 4.74 Å². The molecular formula is C23H31N3O2. The quantitative estimate of drug-likeness (QED) is 0.745. The van der Waals surface area contributed by atoms with Gasteiger partial charge in [-0.05, 0) is 49.1 Å². The Morgan fingerprint density at radius 2 is 1.89 bits per heavy atom. The molecule has 28 heavy (non-hydrogen) atoms. The number of nitrogens with zero attached hydrogens (tertiary/aromatic N) is 2. The molecule has 1 N–H and O–H groups in total. The highest BCUT2D eigenvalue weighted by Crippen LogP contribution is 2.20. The van der Waals surface area contributed by atoms with Gasteiger partial charge in [-0.1, -0.05) is 42.5 Å². The van der Waals surface area contributed by atoms with Crippen molar-refractivity contribution in [1.29, 1.82) is 0 Å². The summed E-state index contributed by atoms with van der Waals surface area (Å²) in [4.78, 5) is 16.8. The summed E-state index contributed by atoms with van der Waals surface area (Å²) in [5.74, 6) is 0.521. The van der Waals surface area contributed by atoms with E-state index in [1.165, 1.54) is 5.56 Å². The van der Waals surface area contributed by atoms with Gasteiger partial charge in [0.25, 0.3) is 0 Å². The summed E-state index contributed by atoms with van der Waals surface area (Å²) in [6.07, 6.45) is 1.14. The van der Waals surface area contributed by atoms with Crippen molar-refractivity contribution in [3.05, 3.63) is 65.7 Å². The Balaban J connectivity index is 1.43. The largest absolute Gasteiger partial charge is 0.377 e. The molecule has 0 spiro atoms. The van der Waals surface area contributed by atoms with Crippen LogP contribution in [-0.4, -0.2) is 49.1 Å². The van der Waals surface area contributed by atoms with Gasteiger partial charge >= 0.3 is 6.03 Å². The molecule has 5 heteroatoms. The van der Waals surface area contributed by atoms with Gasteiger partial charge in [-0.25, -0.2) is 4.79 Å². The molecule has 2 amide bonds. The predicted molar refractivity (Wildman–Crippen MR) is 113 cm³/mol. The zero-order valence-corrected chi connectivity index (χ0v) is 16.9. The van der Waals surface area contributed by atoms with Gasteiger partial charge in [0.15, 0.2) is 0 Å². The van der Waals surface area contributed by atoms with Gasteiger partial charge in [0.2, 0.25) is 0 Å². The fourth-order valence-electron chi connectivity index (χ4n) is 3.64. The van der Waals surface area contributed by atoms with E-state index in [9.17, 15) is 4.79 Å². The predicted octanol–water partition coefficient (Wildman–Crippen LogP) is 4.21. The molecule has 0 saturated carbocycles. The number of anilines is 1. The standard InChI is InChI=1S/C23H31N3O2/c1-3-28-18-20-9-11-22(12-10-20)24-23(27)25(2)15-21-13-14-26(17-21)16-19-7-5-4-6-8-19/h4-12,21H,3,13-18H2,1-2H3,(H,24,27). The van der Waals surface area contributed by atoms with E-state index in [1.54, 1.807) is 4.90 Å². The summed E-state index contributed by atoms with van der Waals surface area (Å²) in [5.41, 5.74) is 3.27. The minimum atomic E-state index is -0.0564. The first-order valence-electron chi connectivity index (χ1n) is 10.1. The Morgan fingerprint density at radius 1 is 1.14 bits per heavy atom. The molecule has 2 aromatic rings. The van der Waals surface area contributed by atoms with Gasteiger partial charge in [-0.3, -0.25) is 4.90 Å². The summed E-state index contributed by atoms with van der Waals surface area (Å²) < 4.78 is 5.40. The maximum Gasteiger partial charge on any atom is 0.321 e. The molecule has 1 heterocycles. The molecule has 5 nitrogen and oxygen atoms in total. The van der Waals surface area contributed by atoms with Gasteiger partial charge in [0.05, 0.1) is 6.61 Å². The second-order valence-corrected chi connectivity index (χ2v) is 7.52. The number of rotatable bonds is 8. The summed E-state index contributed by atoms with van der Waals surface area (Å²) >= 11 is 0. The first kappa shape index (κ1) is 20.4. The lowest BCUT2D eigenvalue weighted by atomic mass is 10.1. The van der Waals surface area contributed by atoms with E-state index >= 15 is 0 Å². The van der Waals surface area contributed by atoms with E-state index < -0.39 is 0 Å². The number of ether oxygens (including phenoxy) is 1. The van der Waals surface area contributed by atoms with Gasteiger partial charge in [0.1, 0.15) is 0 Å². The van der Waals surface area contributed by atoms with Crippen molar-refractivity contribution < 1.29 is 9.53 Å². The van der Waals surface area contributed by atoms with Crippen LogP contribution in [-0.2, 0) is 17.9 Å². The zero-order valence-electron chi connectivity index (χ0n) is 16.9. The summed E-state index contributed by atoms with van der Waals surface area (Å²) in [7, 11) is 1.87. The van der Waals surface area contributed by atoms with Gasteiger partial charge < -0.3 is 15.0 Å². The molecule has 1 aliphatic rings. The highest BCUT2D eigenvalue weighted by molar-refractivity contribution is 5.89. The van der Waals surface area contributed by atoms with Crippen molar-refractivity contribution in [3.63, 3.8) is 0 Å². The van der Waals surface area contributed by atoms with Crippen LogP contribution >= 0.6 is 0 Å². The Hall–Kier alpha value is -2.37. The van der Waals surface area contributed by atoms with Crippen LogP contribution in [0.25, 0.3) is 0 Å². The normalized spacial score (nSPS) is 16.9. The molecule has 1 fully saturated rings. The lowest BCUT2D eigenvalue weighted by molar-refractivity contribution is 0.134. The zero-order chi connectivity index (χ0) is 19.8.